The van der Waals surface area contributed by atoms with Crippen LogP contribution in [0.2, 0.25) is 0 Å². The van der Waals surface area contributed by atoms with Gasteiger partial charge < -0.3 is 5.11 Å². The summed E-state index contributed by atoms with van der Waals surface area (Å²) in [5, 5.41) is 14.6. The van der Waals surface area contributed by atoms with Gasteiger partial charge in [-0.25, -0.2) is 4.98 Å². The van der Waals surface area contributed by atoms with Crippen molar-refractivity contribution in [1.29, 1.82) is 0 Å². The minimum absolute atomic E-state index is 0.213. The van der Waals surface area contributed by atoms with Crippen LogP contribution in [-0.4, -0.2) is 49.5 Å². The first-order valence-electron chi connectivity index (χ1n) is 6.75. The first kappa shape index (κ1) is 15.1. The number of rotatable bonds is 7. The number of nitrogens with zero attached hydrogens (tertiary/aromatic N) is 4. The van der Waals surface area contributed by atoms with Gasteiger partial charge in [-0.15, -0.1) is 0 Å². The lowest BCUT2D eigenvalue weighted by Crippen LogP contribution is -2.55. The number of aromatic nitrogens is 3. The third-order valence-corrected chi connectivity index (χ3v) is 4.10. The normalized spacial score (nSPS) is 16.8. The molecule has 0 fully saturated rings. The van der Waals surface area contributed by atoms with E-state index in [0.717, 1.165) is 25.3 Å². The summed E-state index contributed by atoms with van der Waals surface area (Å²) in [5.41, 5.74) is -0.213. The highest BCUT2D eigenvalue weighted by atomic mass is 16.3. The molecule has 1 heterocycles. The quantitative estimate of drug-likeness (QED) is 0.795. The zero-order valence-corrected chi connectivity index (χ0v) is 12.2. The van der Waals surface area contributed by atoms with Crippen molar-refractivity contribution in [2.75, 3.05) is 13.1 Å². The van der Waals surface area contributed by atoms with Gasteiger partial charge in [0.1, 0.15) is 12.2 Å². The van der Waals surface area contributed by atoms with Crippen molar-refractivity contribution in [3.8, 4) is 0 Å². The summed E-state index contributed by atoms with van der Waals surface area (Å²) in [4.78, 5) is 6.50. The minimum Gasteiger partial charge on any atom is -0.391 e. The molecule has 0 radical (unpaired) electrons. The highest BCUT2D eigenvalue weighted by Gasteiger charge is 2.36. The van der Waals surface area contributed by atoms with E-state index in [-0.39, 0.29) is 5.54 Å². The number of hydrogen-bond acceptors (Lipinski definition) is 4. The molecular formula is C13H26N4O. The third-order valence-electron chi connectivity index (χ3n) is 4.10. The van der Waals surface area contributed by atoms with Crippen LogP contribution >= 0.6 is 0 Å². The van der Waals surface area contributed by atoms with Crippen molar-refractivity contribution in [3.63, 3.8) is 0 Å². The third kappa shape index (κ3) is 2.90. The predicted octanol–water partition coefficient (Wildman–Crippen LogP) is 1.23. The van der Waals surface area contributed by atoms with Gasteiger partial charge in [-0.05, 0) is 26.4 Å². The van der Waals surface area contributed by atoms with E-state index < -0.39 is 6.10 Å². The fourth-order valence-electron chi connectivity index (χ4n) is 2.51. The lowest BCUT2D eigenvalue weighted by atomic mass is 9.87. The Labute approximate surface area is 110 Å². The topological polar surface area (TPSA) is 54.2 Å². The highest BCUT2D eigenvalue weighted by molar-refractivity contribution is 4.97. The Bertz CT molecular complexity index is 362. The molecule has 0 saturated carbocycles. The van der Waals surface area contributed by atoms with Crippen molar-refractivity contribution in [2.45, 2.75) is 52.2 Å². The van der Waals surface area contributed by atoms with Gasteiger partial charge >= 0.3 is 0 Å². The van der Waals surface area contributed by atoms with E-state index in [4.69, 9.17) is 0 Å². The van der Waals surface area contributed by atoms with E-state index >= 15 is 0 Å². The molecule has 0 spiro atoms. The van der Waals surface area contributed by atoms with Gasteiger partial charge in [0.15, 0.2) is 0 Å². The molecule has 0 amide bonds. The zero-order chi connectivity index (χ0) is 13.8. The molecular weight excluding hydrogens is 228 g/mol. The summed E-state index contributed by atoms with van der Waals surface area (Å²) >= 11 is 0. The number of aliphatic hydroxyl groups excluding tert-OH is 1. The molecule has 2 unspecified atom stereocenters. The number of hydrogen-bond donors (Lipinski definition) is 1. The summed E-state index contributed by atoms with van der Waals surface area (Å²) < 4.78 is 1.72. The van der Waals surface area contributed by atoms with Crippen LogP contribution in [0.3, 0.4) is 0 Å². The van der Waals surface area contributed by atoms with Crippen molar-refractivity contribution in [2.24, 2.45) is 7.05 Å². The molecule has 0 aliphatic heterocycles. The molecule has 1 rings (SSSR count). The zero-order valence-electron chi connectivity index (χ0n) is 12.2. The Kier molecular flexibility index (Phi) is 5.28. The van der Waals surface area contributed by atoms with E-state index in [1.165, 1.54) is 6.33 Å². The Morgan fingerprint density at radius 1 is 1.39 bits per heavy atom. The molecule has 0 aromatic carbocycles. The molecule has 0 bridgehead atoms. The second-order valence-corrected chi connectivity index (χ2v) is 4.90. The molecule has 18 heavy (non-hydrogen) atoms. The molecule has 0 saturated heterocycles. The van der Waals surface area contributed by atoms with Crippen LogP contribution in [0.25, 0.3) is 0 Å². The number of likely N-dealkylation sites (N-methyl/N-ethyl adjacent to an activating group) is 1. The largest absolute Gasteiger partial charge is 0.391 e. The molecule has 0 aliphatic carbocycles. The molecule has 5 nitrogen and oxygen atoms in total. The van der Waals surface area contributed by atoms with Crippen molar-refractivity contribution >= 4 is 0 Å². The molecule has 1 aromatic heterocycles. The second-order valence-electron chi connectivity index (χ2n) is 4.90. The molecule has 0 aliphatic rings. The van der Waals surface area contributed by atoms with Gasteiger partial charge in [0, 0.05) is 19.0 Å². The Hall–Kier alpha value is -0.940. The van der Waals surface area contributed by atoms with Gasteiger partial charge in [-0.3, -0.25) is 9.58 Å². The maximum absolute atomic E-state index is 10.6. The molecule has 104 valence electrons. The Morgan fingerprint density at radius 2 is 2.00 bits per heavy atom. The number of aryl methyl sites for hydroxylation is 1. The van der Waals surface area contributed by atoms with E-state index in [1.54, 1.807) is 4.68 Å². The second kappa shape index (κ2) is 6.29. The maximum atomic E-state index is 10.6. The van der Waals surface area contributed by atoms with Gasteiger partial charge in [-0.1, -0.05) is 20.8 Å². The smallest absolute Gasteiger partial charge is 0.138 e. The first-order chi connectivity index (χ1) is 8.49. The summed E-state index contributed by atoms with van der Waals surface area (Å²) in [6, 6.07) is 0. The van der Waals surface area contributed by atoms with E-state index in [0.29, 0.717) is 6.42 Å². The standard InChI is InChI=1S/C13H26N4O/c1-6-13(4,17(7-2)8-3)11(18)9-12-14-10-15-16(12)5/h10-11,18H,6-9H2,1-5H3. The number of aliphatic hydroxyl groups is 1. The van der Waals surface area contributed by atoms with Crippen LogP contribution < -0.4 is 0 Å². The van der Waals surface area contributed by atoms with Crippen LogP contribution in [-0.2, 0) is 13.5 Å². The van der Waals surface area contributed by atoms with E-state index in [9.17, 15) is 5.11 Å². The van der Waals surface area contributed by atoms with Gasteiger partial charge in [0.2, 0.25) is 0 Å². The van der Waals surface area contributed by atoms with Crippen molar-refractivity contribution in [3.05, 3.63) is 12.2 Å². The maximum Gasteiger partial charge on any atom is 0.138 e. The monoisotopic (exact) mass is 254 g/mol. The van der Waals surface area contributed by atoms with Crippen LogP contribution in [0.5, 0.6) is 0 Å². The lowest BCUT2D eigenvalue weighted by Gasteiger charge is -2.43. The van der Waals surface area contributed by atoms with Crippen LogP contribution in [0.4, 0.5) is 0 Å². The summed E-state index contributed by atoms with van der Waals surface area (Å²) in [6.07, 6.45) is 2.54. The van der Waals surface area contributed by atoms with E-state index in [2.05, 4.69) is 42.7 Å². The lowest BCUT2D eigenvalue weighted by molar-refractivity contribution is -0.0203. The molecule has 5 heteroatoms. The van der Waals surface area contributed by atoms with Crippen molar-refractivity contribution in [1.82, 2.24) is 19.7 Å². The molecule has 1 N–H and O–H groups in total. The van der Waals surface area contributed by atoms with Crippen LogP contribution in [0.15, 0.2) is 6.33 Å². The fourth-order valence-corrected chi connectivity index (χ4v) is 2.51. The van der Waals surface area contributed by atoms with Gasteiger partial charge in [-0.2, -0.15) is 5.10 Å². The Balaban J connectivity index is 2.84. The average molecular weight is 254 g/mol. The van der Waals surface area contributed by atoms with Crippen LogP contribution in [0, 0.1) is 0 Å². The van der Waals surface area contributed by atoms with Crippen LogP contribution in [0.1, 0.15) is 39.9 Å². The Morgan fingerprint density at radius 3 is 2.39 bits per heavy atom. The molecule has 1 aromatic rings. The SMILES string of the molecule is CCN(CC)C(C)(CC)C(O)Cc1ncnn1C. The summed E-state index contributed by atoms with van der Waals surface area (Å²) in [7, 11) is 1.86. The fraction of sp³-hybridized carbons (Fsp3) is 0.846. The van der Waals surface area contributed by atoms with Gasteiger partial charge in [0.05, 0.1) is 6.10 Å². The average Bonchev–Trinajstić information content (AvgIpc) is 2.76. The van der Waals surface area contributed by atoms with Crippen molar-refractivity contribution < 1.29 is 5.11 Å². The summed E-state index contributed by atoms with van der Waals surface area (Å²) in [5.74, 6) is 0.828. The first-order valence-corrected chi connectivity index (χ1v) is 6.75. The highest BCUT2D eigenvalue weighted by Crippen LogP contribution is 2.25. The van der Waals surface area contributed by atoms with Gasteiger partial charge in [0.25, 0.3) is 0 Å². The molecule has 2 atom stereocenters. The van der Waals surface area contributed by atoms with E-state index in [1.807, 2.05) is 7.05 Å². The minimum atomic E-state index is -0.440. The predicted molar refractivity (Wildman–Crippen MR) is 72.3 cm³/mol. The summed E-state index contributed by atoms with van der Waals surface area (Å²) in [6.45, 7) is 10.4.